The van der Waals surface area contributed by atoms with Gasteiger partial charge in [-0.05, 0) is 44.9 Å². The van der Waals surface area contributed by atoms with E-state index in [1.807, 2.05) is 26.0 Å². The Morgan fingerprint density at radius 3 is 2.42 bits per heavy atom. The zero-order chi connectivity index (χ0) is 14.5. The first-order chi connectivity index (χ1) is 8.84. The first kappa shape index (κ1) is 16.2. The molecule has 0 unspecified atom stereocenters. The van der Waals surface area contributed by atoms with Gasteiger partial charge in [-0.15, -0.1) is 0 Å². The van der Waals surface area contributed by atoms with Crippen molar-refractivity contribution in [2.75, 3.05) is 6.54 Å². The molecule has 0 saturated carbocycles. The van der Waals surface area contributed by atoms with E-state index in [2.05, 4.69) is 52.5 Å². The van der Waals surface area contributed by atoms with Gasteiger partial charge < -0.3 is 10.6 Å². The Hall–Kier alpha value is -0.870. The van der Waals surface area contributed by atoms with Crippen LogP contribution in [0.4, 0.5) is 0 Å². The number of halogens is 1. The molecular weight excluding hydrogens is 304 g/mol. The quantitative estimate of drug-likeness (QED) is 0.841. The second-order valence-corrected chi connectivity index (χ2v) is 6.36. The van der Waals surface area contributed by atoms with Gasteiger partial charge in [-0.1, -0.05) is 35.0 Å². The number of nitrogens with one attached hydrogen (secondary N) is 2. The minimum Gasteiger partial charge on any atom is -0.350 e. The van der Waals surface area contributed by atoms with Crippen LogP contribution in [0.15, 0.2) is 28.7 Å². The molecule has 1 aromatic carbocycles. The van der Waals surface area contributed by atoms with E-state index in [1.54, 1.807) is 0 Å². The summed E-state index contributed by atoms with van der Waals surface area (Å²) in [5.74, 6) is 0.0378. The van der Waals surface area contributed by atoms with E-state index in [0.717, 1.165) is 10.9 Å². The van der Waals surface area contributed by atoms with Gasteiger partial charge in [0.2, 0.25) is 5.91 Å². The predicted molar refractivity (Wildman–Crippen MR) is 83.1 cm³/mol. The van der Waals surface area contributed by atoms with Gasteiger partial charge >= 0.3 is 0 Å². The molecule has 0 radical (unpaired) electrons. The van der Waals surface area contributed by atoms with Crippen molar-refractivity contribution < 1.29 is 4.79 Å². The van der Waals surface area contributed by atoms with Crippen LogP contribution in [0.1, 0.15) is 45.7 Å². The molecule has 0 spiro atoms. The van der Waals surface area contributed by atoms with Gasteiger partial charge in [0.25, 0.3) is 0 Å². The van der Waals surface area contributed by atoms with Crippen LogP contribution in [0.2, 0.25) is 0 Å². The highest BCUT2D eigenvalue weighted by atomic mass is 79.9. The second kappa shape index (κ2) is 7.06. The molecule has 0 heterocycles. The Kier molecular flexibility index (Phi) is 6.01. The van der Waals surface area contributed by atoms with E-state index >= 15 is 0 Å². The van der Waals surface area contributed by atoms with Gasteiger partial charge in [0.15, 0.2) is 0 Å². The van der Waals surface area contributed by atoms with E-state index < -0.39 is 0 Å². The molecule has 0 aliphatic carbocycles. The fraction of sp³-hybridized carbons (Fsp3) is 0.533. The summed E-state index contributed by atoms with van der Waals surface area (Å²) in [7, 11) is 0. The van der Waals surface area contributed by atoms with Gasteiger partial charge in [-0.3, -0.25) is 4.79 Å². The van der Waals surface area contributed by atoms with Crippen LogP contribution in [0.3, 0.4) is 0 Å². The van der Waals surface area contributed by atoms with Crippen LogP contribution in [0.25, 0.3) is 0 Å². The first-order valence-electron chi connectivity index (χ1n) is 6.64. The standard InChI is InChI=1S/C15H23BrN2O/c1-5-15(3,4)18-14(19)10-17-11(2)12-6-8-13(16)9-7-12/h6-9,11,17H,5,10H2,1-4H3,(H,18,19)/t11-/m0/s1. The highest BCUT2D eigenvalue weighted by molar-refractivity contribution is 9.10. The van der Waals surface area contributed by atoms with E-state index in [0.29, 0.717) is 6.54 Å². The Morgan fingerprint density at radius 1 is 1.32 bits per heavy atom. The van der Waals surface area contributed by atoms with Gasteiger partial charge in [0, 0.05) is 16.1 Å². The lowest BCUT2D eigenvalue weighted by Crippen LogP contribution is -2.46. The van der Waals surface area contributed by atoms with E-state index in [1.165, 1.54) is 5.56 Å². The summed E-state index contributed by atoms with van der Waals surface area (Å²) in [6.45, 7) is 8.52. The zero-order valence-corrected chi connectivity index (χ0v) is 13.7. The number of rotatable bonds is 6. The highest BCUT2D eigenvalue weighted by Crippen LogP contribution is 2.16. The molecule has 1 atom stereocenters. The van der Waals surface area contributed by atoms with E-state index in [9.17, 15) is 4.79 Å². The normalized spacial score (nSPS) is 13.1. The Bertz CT molecular complexity index is 415. The molecule has 0 saturated heterocycles. The Labute approximate surface area is 124 Å². The highest BCUT2D eigenvalue weighted by Gasteiger charge is 2.17. The molecule has 3 nitrogen and oxygen atoms in total. The third-order valence-electron chi connectivity index (χ3n) is 3.30. The molecule has 0 aromatic heterocycles. The van der Waals surface area contributed by atoms with Crippen molar-refractivity contribution in [1.29, 1.82) is 0 Å². The topological polar surface area (TPSA) is 41.1 Å². The van der Waals surface area contributed by atoms with Crippen LogP contribution in [-0.4, -0.2) is 18.0 Å². The number of amides is 1. The van der Waals surface area contributed by atoms with Crippen molar-refractivity contribution >= 4 is 21.8 Å². The lowest BCUT2D eigenvalue weighted by atomic mass is 10.0. The molecule has 0 aliphatic rings. The average molecular weight is 327 g/mol. The fourth-order valence-electron chi connectivity index (χ4n) is 1.63. The third kappa shape index (κ3) is 5.74. The van der Waals surface area contributed by atoms with Crippen LogP contribution >= 0.6 is 15.9 Å². The smallest absolute Gasteiger partial charge is 0.234 e. The first-order valence-corrected chi connectivity index (χ1v) is 7.43. The van der Waals surface area contributed by atoms with Gasteiger partial charge in [-0.2, -0.15) is 0 Å². The summed E-state index contributed by atoms with van der Waals surface area (Å²) >= 11 is 3.41. The van der Waals surface area contributed by atoms with Crippen molar-refractivity contribution in [3.63, 3.8) is 0 Å². The largest absolute Gasteiger partial charge is 0.350 e. The second-order valence-electron chi connectivity index (χ2n) is 5.44. The van der Waals surface area contributed by atoms with Crippen molar-refractivity contribution in [2.24, 2.45) is 0 Å². The summed E-state index contributed by atoms with van der Waals surface area (Å²) in [5.41, 5.74) is 1.03. The molecule has 4 heteroatoms. The molecule has 0 aliphatic heterocycles. The van der Waals surface area contributed by atoms with E-state index in [4.69, 9.17) is 0 Å². The molecule has 19 heavy (non-hydrogen) atoms. The van der Waals surface area contributed by atoms with Crippen LogP contribution < -0.4 is 10.6 Å². The van der Waals surface area contributed by atoms with Gasteiger partial charge in [0.05, 0.1) is 6.54 Å². The molecule has 1 amide bonds. The van der Waals surface area contributed by atoms with Crippen LogP contribution in [-0.2, 0) is 4.79 Å². The molecule has 1 rings (SSSR count). The lowest BCUT2D eigenvalue weighted by Gasteiger charge is -2.25. The van der Waals surface area contributed by atoms with Crippen LogP contribution in [0.5, 0.6) is 0 Å². The maximum absolute atomic E-state index is 11.8. The summed E-state index contributed by atoms with van der Waals surface area (Å²) in [6, 6.07) is 8.27. The Balaban J connectivity index is 2.44. The fourth-order valence-corrected chi connectivity index (χ4v) is 1.89. The molecule has 0 bridgehead atoms. The van der Waals surface area contributed by atoms with Crippen molar-refractivity contribution in [3.8, 4) is 0 Å². The number of carbonyl (C=O) groups is 1. The summed E-state index contributed by atoms with van der Waals surface area (Å²) < 4.78 is 1.06. The lowest BCUT2D eigenvalue weighted by molar-refractivity contribution is -0.122. The third-order valence-corrected chi connectivity index (χ3v) is 3.83. The number of benzene rings is 1. The average Bonchev–Trinajstić information content (AvgIpc) is 2.36. The minimum atomic E-state index is -0.139. The zero-order valence-electron chi connectivity index (χ0n) is 12.1. The summed E-state index contributed by atoms with van der Waals surface area (Å²) in [6.07, 6.45) is 0.918. The van der Waals surface area contributed by atoms with Crippen molar-refractivity contribution in [2.45, 2.75) is 45.7 Å². The number of carbonyl (C=O) groups excluding carboxylic acids is 1. The van der Waals surface area contributed by atoms with Gasteiger partial charge in [-0.25, -0.2) is 0 Å². The number of hydrogen-bond acceptors (Lipinski definition) is 2. The summed E-state index contributed by atoms with van der Waals surface area (Å²) in [4.78, 5) is 11.8. The molecular formula is C15H23BrN2O. The maximum atomic E-state index is 11.8. The Morgan fingerprint density at radius 2 is 1.89 bits per heavy atom. The molecule has 2 N–H and O–H groups in total. The predicted octanol–water partition coefficient (Wildman–Crippen LogP) is 3.40. The minimum absolute atomic E-state index is 0.0378. The molecule has 106 valence electrons. The molecule has 1 aromatic rings. The maximum Gasteiger partial charge on any atom is 0.234 e. The van der Waals surface area contributed by atoms with Crippen LogP contribution in [0, 0.1) is 0 Å². The van der Waals surface area contributed by atoms with Gasteiger partial charge in [0.1, 0.15) is 0 Å². The van der Waals surface area contributed by atoms with Crippen molar-refractivity contribution in [1.82, 2.24) is 10.6 Å². The summed E-state index contributed by atoms with van der Waals surface area (Å²) in [5, 5.41) is 6.25. The van der Waals surface area contributed by atoms with Crippen molar-refractivity contribution in [3.05, 3.63) is 34.3 Å². The number of hydrogen-bond donors (Lipinski definition) is 2. The monoisotopic (exact) mass is 326 g/mol. The SMILES string of the molecule is CCC(C)(C)NC(=O)CN[C@@H](C)c1ccc(Br)cc1. The van der Waals surface area contributed by atoms with E-state index in [-0.39, 0.29) is 17.5 Å². The molecule has 0 fully saturated rings.